The molecule has 1 rings (SSSR count). The van der Waals surface area contributed by atoms with Crippen molar-refractivity contribution in [3.8, 4) is 0 Å². The molecule has 0 amide bonds. The van der Waals surface area contributed by atoms with E-state index in [-0.39, 0.29) is 11.6 Å². The summed E-state index contributed by atoms with van der Waals surface area (Å²) in [6.45, 7) is 5.42. The van der Waals surface area contributed by atoms with Crippen LogP contribution in [-0.2, 0) is 11.8 Å². The van der Waals surface area contributed by atoms with E-state index in [9.17, 15) is 14.7 Å². The number of carbonyl (C=O) groups excluding carboxylic acids is 1. The fraction of sp³-hybridized carbons (Fsp3) is 0.500. The maximum atomic E-state index is 11.7. The van der Waals surface area contributed by atoms with Crippen LogP contribution in [0.2, 0.25) is 0 Å². The molecule has 5 nitrogen and oxygen atoms in total. The number of hydrogen-bond acceptors (Lipinski definition) is 3. The van der Waals surface area contributed by atoms with E-state index < -0.39 is 11.9 Å². The summed E-state index contributed by atoms with van der Waals surface area (Å²) in [5.74, 6) is -1.58. The Kier molecular flexibility index (Phi) is 3.60. The Morgan fingerprint density at radius 3 is 2.24 bits per heavy atom. The smallest absolute Gasteiger partial charge is 0.352 e. The summed E-state index contributed by atoms with van der Waals surface area (Å²) in [6, 6.07) is 0. The number of aromatic nitrogens is 1. The number of hydrogen-bond donors (Lipinski definition) is 1. The highest BCUT2D eigenvalue weighted by Crippen LogP contribution is 2.29. The second kappa shape index (κ2) is 4.61. The first kappa shape index (κ1) is 13.3. The van der Waals surface area contributed by atoms with Gasteiger partial charge >= 0.3 is 11.9 Å². The van der Waals surface area contributed by atoms with E-state index in [1.165, 1.54) is 11.7 Å². The fourth-order valence-electron chi connectivity index (χ4n) is 2.01. The number of nitrogens with zero attached hydrogens (tertiary/aromatic N) is 1. The summed E-state index contributed by atoms with van der Waals surface area (Å²) in [5, 5.41) is 9.21. The van der Waals surface area contributed by atoms with Crippen LogP contribution in [0.5, 0.6) is 0 Å². The van der Waals surface area contributed by atoms with Gasteiger partial charge < -0.3 is 14.4 Å². The number of carboxylic acid groups (broad SMARTS) is 1. The Morgan fingerprint density at radius 1 is 1.35 bits per heavy atom. The van der Waals surface area contributed by atoms with Gasteiger partial charge in [-0.1, -0.05) is 13.8 Å². The van der Waals surface area contributed by atoms with Crippen LogP contribution < -0.4 is 0 Å². The van der Waals surface area contributed by atoms with E-state index >= 15 is 0 Å². The maximum absolute atomic E-state index is 11.7. The van der Waals surface area contributed by atoms with Crippen LogP contribution >= 0.6 is 0 Å². The highest BCUT2D eigenvalue weighted by molar-refractivity contribution is 5.98. The van der Waals surface area contributed by atoms with Gasteiger partial charge in [-0.3, -0.25) is 0 Å². The molecule has 0 aliphatic heterocycles. The van der Waals surface area contributed by atoms with Crippen molar-refractivity contribution in [2.45, 2.75) is 26.7 Å². The normalized spacial score (nSPS) is 10.7. The third-order valence-electron chi connectivity index (χ3n) is 2.89. The van der Waals surface area contributed by atoms with Crippen LogP contribution in [0.15, 0.2) is 0 Å². The van der Waals surface area contributed by atoms with Crippen molar-refractivity contribution in [3.63, 3.8) is 0 Å². The van der Waals surface area contributed by atoms with Crippen molar-refractivity contribution in [2.24, 2.45) is 7.05 Å². The average Bonchev–Trinajstić information content (AvgIpc) is 2.51. The summed E-state index contributed by atoms with van der Waals surface area (Å²) in [6.07, 6.45) is 0. The zero-order valence-electron chi connectivity index (χ0n) is 10.7. The maximum Gasteiger partial charge on any atom is 0.352 e. The molecule has 0 aliphatic rings. The monoisotopic (exact) mass is 239 g/mol. The second-order valence-electron chi connectivity index (χ2n) is 4.23. The van der Waals surface area contributed by atoms with Gasteiger partial charge in [0.25, 0.3) is 0 Å². The van der Waals surface area contributed by atoms with Crippen LogP contribution in [0.3, 0.4) is 0 Å². The quantitative estimate of drug-likeness (QED) is 0.818. The molecule has 1 N–H and O–H groups in total. The second-order valence-corrected chi connectivity index (χ2v) is 4.23. The SMILES string of the molecule is COC(=O)c1c(C(C)C)c(C(=O)O)n(C)c1C. The zero-order chi connectivity index (χ0) is 13.3. The molecule has 17 heavy (non-hydrogen) atoms. The lowest BCUT2D eigenvalue weighted by Gasteiger charge is -2.08. The summed E-state index contributed by atoms with van der Waals surface area (Å²) < 4.78 is 6.23. The predicted octanol–water partition coefficient (Wildman–Crippen LogP) is 1.94. The van der Waals surface area contributed by atoms with Gasteiger partial charge in [0, 0.05) is 18.3 Å². The van der Waals surface area contributed by atoms with Crippen molar-refractivity contribution in [1.29, 1.82) is 0 Å². The molecule has 0 saturated heterocycles. The topological polar surface area (TPSA) is 68.5 Å². The van der Waals surface area contributed by atoms with Crippen molar-refractivity contribution >= 4 is 11.9 Å². The van der Waals surface area contributed by atoms with Gasteiger partial charge in [0.05, 0.1) is 12.7 Å². The van der Waals surface area contributed by atoms with Crippen molar-refractivity contribution in [1.82, 2.24) is 4.57 Å². The van der Waals surface area contributed by atoms with E-state index in [0.29, 0.717) is 16.8 Å². The molecule has 0 bridgehead atoms. The van der Waals surface area contributed by atoms with Crippen molar-refractivity contribution in [3.05, 3.63) is 22.5 Å². The number of ether oxygens (including phenoxy) is 1. The molecule has 1 aromatic heterocycles. The molecule has 0 aromatic carbocycles. The zero-order valence-corrected chi connectivity index (χ0v) is 10.7. The molecule has 0 atom stereocenters. The van der Waals surface area contributed by atoms with Gasteiger partial charge in [0.2, 0.25) is 0 Å². The Bertz CT molecular complexity index is 471. The molecule has 1 heterocycles. The van der Waals surface area contributed by atoms with E-state index in [2.05, 4.69) is 0 Å². The molecule has 0 aliphatic carbocycles. The molecule has 0 spiro atoms. The largest absolute Gasteiger partial charge is 0.477 e. The molecule has 5 heteroatoms. The van der Waals surface area contributed by atoms with Crippen LogP contribution in [0, 0.1) is 6.92 Å². The number of aromatic carboxylic acids is 1. The highest BCUT2D eigenvalue weighted by atomic mass is 16.5. The lowest BCUT2D eigenvalue weighted by Crippen LogP contribution is -2.10. The standard InChI is InChI=1S/C12H17NO4/c1-6(2)8-9(12(16)17-5)7(3)13(4)10(8)11(14)15/h6H,1-5H3,(H,14,15). The highest BCUT2D eigenvalue weighted by Gasteiger charge is 2.29. The van der Waals surface area contributed by atoms with E-state index in [0.717, 1.165) is 0 Å². The van der Waals surface area contributed by atoms with Crippen LogP contribution in [0.1, 0.15) is 51.9 Å². The molecule has 0 fully saturated rings. The van der Waals surface area contributed by atoms with Gasteiger partial charge in [-0.05, 0) is 12.8 Å². The van der Waals surface area contributed by atoms with Gasteiger partial charge in [-0.15, -0.1) is 0 Å². The molecule has 0 saturated carbocycles. The molecular weight excluding hydrogens is 222 g/mol. The summed E-state index contributed by atoms with van der Waals surface area (Å²) in [4.78, 5) is 23.0. The third kappa shape index (κ3) is 2.05. The number of methoxy groups -OCH3 is 1. The first-order valence-electron chi connectivity index (χ1n) is 5.33. The summed E-state index contributed by atoms with van der Waals surface area (Å²) in [7, 11) is 2.93. The Labute approximate surface area is 100 Å². The van der Waals surface area contributed by atoms with Gasteiger partial charge in [-0.2, -0.15) is 0 Å². The summed E-state index contributed by atoms with van der Waals surface area (Å²) in [5.41, 5.74) is 1.66. The van der Waals surface area contributed by atoms with E-state index in [4.69, 9.17) is 4.74 Å². The lowest BCUT2D eigenvalue weighted by molar-refractivity contribution is 0.0598. The first-order chi connectivity index (χ1) is 7.82. The van der Waals surface area contributed by atoms with E-state index in [1.807, 2.05) is 13.8 Å². The van der Waals surface area contributed by atoms with Gasteiger partial charge in [0.1, 0.15) is 5.69 Å². The molecule has 0 unspecified atom stereocenters. The Morgan fingerprint density at radius 2 is 1.88 bits per heavy atom. The first-order valence-corrected chi connectivity index (χ1v) is 5.33. The Balaban J connectivity index is 3.65. The number of carbonyl (C=O) groups is 2. The van der Waals surface area contributed by atoms with Crippen LogP contribution in [0.25, 0.3) is 0 Å². The van der Waals surface area contributed by atoms with E-state index in [1.54, 1.807) is 14.0 Å². The van der Waals surface area contributed by atoms with Crippen LogP contribution in [-0.4, -0.2) is 28.7 Å². The number of carboxylic acids is 1. The van der Waals surface area contributed by atoms with Crippen LogP contribution in [0.4, 0.5) is 0 Å². The summed E-state index contributed by atoms with van der Waals surface area (Å²) >= 11 is 0. The molecular formula is C12H17NO4. The predicted molar refractivity (Wildman–Crippen MR) is 62.5 cm³/mol. The minimum atomic E-state index is -1.03. The number of rotatable bonds is 3. The van der Waals surface area contributed by atoms with Crippen molar-refractivity contribution in [2.75, 3.05) is 7.11 Å². The minimum Gasteiger partial charge on any atom is -0.477 e. The third-order valence-corrected chi connectivity index (χ3v) is 2.89. The average molecular weight is 239 g/mol. The van der Waals surface area contributed by atoms with Gasteiger partial charge in [0.15, 0.2) is 0 Å². The fourth-order valence-corrected chi connectivity index (χ4v) is 2.01. The lowest BCUT2D eigenvalue weighted by atomic mass is 9.97. The minimum absolute atomic E-state index is 0.0601. The molecule has 94 valence electrons. The number of esters is 1. The molecule has 1 aromatic rings. The van der Waals surface area contributed by atoms with Gasteiger partial charge in [-0.25, -0.2) is 9.59 Å². The van der Waals surface area contributed by atoms with Crippen molar-refractivity contribution < 1.29 is 19.4 Å². The molecule has 0 radical (unpaired) electrons. The Hall–Kier alpha value is -1.78.